The number of fused-ring (bicyclic) bond motifs is 2. The van der Waals surface area contributed by atoms with Gasteiger partial charge in [-0.25, -0.2) is 0 Å². The maximum Gasteiger partial charge on any atom is 0.277 e. The number of phenols is 6. The molecule has 0 saturated carbocycles. The van der Waals surface area contributed by atoms with E-state index in [-0.39, 0.29) is 34.1 Å². The maximum atomic E-state index is 14.0. The monoisotopic (exact) mass is 558 g/mol. The molecule has 0 aliphatic carbocycles. The van der Waals surface area contributed by atoms with Crippen LogP contribution in [-0.2, 0) is 6.42 Å². The summed E-state index contributed by atoms with van der Waals surface area (Å²) in [5.41, 5.74) is -0.354. The van der Waals surface area contributed by atoms with Crippen molar-refractivity contribution in [3.05, 3.63) is 94.5 Å². The van der Waals surface area contributed by atoms with Crippen LogP contribution in [-0.4, -0.2) is 53.1 Å². The molecule has 41 heavy (non-hydrogen) atoms. The number of hydrogen-bond donors (Lipinski definition) is 7. The predicted octanol–water partition coefficient (Wildman–Crippen LogP) is 3.53. The third-order valence-corrected chi connectivity index (χ3v) is 7.19. The van der Waals surface area contributed by atoms with E-state index in [2.05, 4.69) is 0 Å². The van der Waals surface area contributed by atoms with Gasteiger partial charge < -0.3 is 45.2 Å². The second-order valence-electron chi connectivity index (χ2n) is 9.90. The second kappa shape index (κ2) is 9.07. The maximum absolute atomic E-state index is 14.0. The summed E-state index contributed by atoms with van der Waals surface area (Å²) in [7, 11) is 0. The summed E-state index contributed by atoms with van der Waals surface area (Å²) in [6.07, 6.45) is -1.65. The van der Waals surface area contributed by atoms with Gasteiger partial charge in [-0.1, -0.05) is 24.3 Å². The number of hydrogen-bond acceptors (Lipinski definition) is 11. The van der Waals surface area contributed by atoms with Crippen LogP contribution in [0.5, 0.6) is 46.0 Å². The number of aromatic hydroxyl groups is 6. The van der Waals surface area contributed by atoms with Crippen molar-refractivity contribution in [2.75, 3.05) is 0 Å². The number of carbonyl (C=O) groups is 2. The number of carbonyl (C=O) groups excluding carboxylic acids is 2. The highest BCUT2D eigenvalue weighted by atomic mass is 16.6. The van der Waals surface area contributed by atoms with Crippen LogP contribution in [0.4, 0.5) is 0 Å². The van der Waals surface area contributed by atoms with E-state index in [1.807, 2.05) is 0 Å². The first kappa shape index (κ1) is 25.8. The molecule has 7 N–H and O–H groups in total. The molecule has 11 heteroatoms. The van der Waals surface area contributed by atoms with Gasteiger partial charge >= 0.3 is 0 Å². The summed E-state index contributed by atoms with van der Waals surface area (Å²) >= 11 is 0. The fraction of sp³-hybridized carbons (Fsp3) is 0.133. The van der Waals surface area contributed by atoms with E-state index in [0.717, 1.165) is 18.2 Å². The van der Waals surface area contributed by atoms with E-state index >= 15 is 0 Å². The summed E-state index contributed by atoms with van der Waals surface area (Å²) in [4.78, 5) is 27.5. The Morgan fingerprint density at radius 1 is 0.707 bits per heavy atom. The molecule has 2 aliphatic rings. The van der Waals surface area contributed by atoms with Crippen LogP contribution in [0.25, 0.3) is 0 Å². The molecule has 2 aliphatic heterocycles. The Hall–Kier alpha value is -5.42. The van der Waals surface area contributed by atoms with Crippen molar-refractivity contribution >= 4 is 11.6 Å². The molecule has 0 amide bonds. The van der Waals surface area contributed by atoms with Gasteiger partial charge in [0.15, 0.2) is 5.78 Å². The second-order valence-corrected chi connectivity index (χ2v) is 9.90. The zero-order valence-electron chi connectivity index (χ0n) is 21.0. The molecule has 3 unspecified atom stereocenters. The lowest BCUT2D eigenvalue weighted by Crippen LogP contribution is -2.42. The fourth-order valence-electron chi connectivity index (χ4n) is 5.32. The normalized spacial score (nSPS) is 21.1. The Balaban J connectivity index is 1.53. The zero-order valence-corrected chi connectivity index (χ0v) is 21.0. The van der Waals surface area contributed by atoms with Gasteiger partial charge in [-0.3, -0.25) is 9.59 Å². The highest BCUT2D eigenvalue weighted by molar-refractivity contribution is 6.12. The molecule has 4 aromatic rings. The average Bonchev–Trinajstić information content (AvgIpc) is 3.16. The van der Waals surface area contributed by atoms with Crippen molar-refractivity contribution in [1.82, 2.24) is 0 Å². The number of rotatable bonds is 4. The molecule has 4 aromatic carbocycles. The third kappa shape index (κ3) is 4.10. The van der Waals surface area contributed by atoms with Gasteiger partial charge in [-0.15, -0.1) is 0 Å². The van der Waals surface area contributed by atoms with Crippen LogP contribution >= 0.6 is 0 Å². The summed E-state index contributed by atoms with van der Waals surface area (Å²) in [5, 5.41) is 72.9. The third-order valence-electron chi connectivity index (χ3n) is 7.19. The Bertz CT molecular complexity index is 1730. The van der Waals surface area contributed by atoms with Crippen molar-refractivity contribution < 1.29 is 54.8 Å². The van der Waals surface area contributed by atoms with E-state index in [1.54, 1.807) is 0 Å². The number of ether oxygens (including phenoxy) is 2. The standard InChI is InChI=1S/C30H22O11/c31-15-5-1-13(2-6-15)12-30(39)29(38)24-20(36)11-19(35)23(28(24)41-30)25-26(37)22-18(34)9-17(33)10-21(22)40-27(25)14-3-7-16(32)8-4-14/h1-11,25,27,31-36,39H,12H2. The number of Topliss-reactive ketones (excluding diaryl/α,β-unsaturated/α-hetero) is 2. The van der Waals surface area contributed by atoms with Crippen molar-refractivity contribution in [2.24, 2.45) is 0 Å². The molecular weight excluding hydrogens is 536 g/mol. The van der Waals surface area contributed by atoms with Crippen molar-refractivity contribution in [3.8, 4) is 46.0 Å². The summed E-state index contributed by atoms with van der Waals surface area (Å²) < 4.78 is 11.8. The first-order valence-electron chi connectivity index (χ1n) is 12.4. The van der Waals surface area contributed by atoms with Gasteiger partial charge in [-0.2, -0.15) is 0 Å². The Morgan fingerprint density at radius 3 is 1.98 bits per heavy atom. The van der Waals surface area contributed by atoms with Crippen LogP contribution < -0.4 is 9.47 Å². The van der Waals surface area contributed by atoms with E-state index in [9.17, 15) is 45.3 Å². The molecule has 0 radical (unpaired) electrons. The largest absolute Gasteiger partial charge is 0.508 e. The lowest BCUT2D eigenvalue weighted by atomic mass is 9.79. The SMILES string of the molecule is O=C1c2c(O)cc(O)cc2OC(c2ccc(O)cc2)C1c1c(O)cc(O)c2c1OC(O)(Cc1ccc(O)cc1)C2=O. The van der Waals surface area contributed by atoms with Gasteiger partial charge in [0, 0.05) is 24.6 Å². The molecule has 0 spiro atoms. The van der Waals surface area contributed by atoms with Crippen molar-refractivity contribution in [2.45, 2.75) is 24.2 Å². The Kier molecular flexibility index (Phi) is 5.71. The van der Waals surface area contributed by atoms with Crippen LogP contribution in [0, 0.1) is 0 Å². The van der Waals surface area contributed by atoms with Crippen LogP contribution in [0.3, 0.4) is 0 Å². The summed E-state index contributed by atoms with van der Waals surface area (Å²) in [5.74, 6) is -8.93. The Labute approximate surface area is 231 Å². The van der Waals surface area contributed by atoms with Gasteiger partial charge in [0.1, 0.15) is 63.2 Å². The number of benzene rings is 4. The fourth-order valence-corrected chi connectivity index (χ4v) is 5.32. The molecule has 0 bridgehead atoms. The van der Waals surface area contributed by atoms with Gasteiger partial charge in [0.25, 0.3) is 5.79 Å². The van der Waals surface area contributed by atoms with E-state index in [4.69, 9.17) is 9.47 Å². The molecular formula is C30H22O11. The number of ketones is 2. The minimum atomic E-state index is -2.54. The lowest BCUT2D eigenvalue weighted by Gasteiger charge is -2.34. The zero-order chi connectivity index (χ0) is 29.2. The molecule has 11 nitrogen and oxygen atoms in total. The van der Waals surface area contributed by atoms with Crippen LogP contribution in [0.2, 0.25) is 0 Å². The first-order valence-corrected chi connectivity index (χ1v) is 12.4. The highest BCUT2D eigenvalue weighted by Crippen LogP contribution is 2.56. The minimum Gasteiger partial charge on any atom is -0.508 e. The predicted molar refractivity (Wildman–Crippen MR) is 140 cm³/mol. The quantitative estimate of drug-likeness (QED) is 0.194. The summed E-state index contributed by atoms with van der Waals surface area (Å²) in [6.45, 7) is 0. The van der Waals surface area contributed by atoms with E-state index in [1.165, 1.54) is 48.5 Å². The van der Waals surface area contributed by atoms with Crippen LogP contribution in [0.1, 0.15) is 49.4 Å². The van der Waals surface area contributed by atoms with Gasteiger partial charge in [0.05, 0.1) is 11.5 Å². The van der Waals surface area contributed by atoms with Crippen molar-refractivity contribution in [3.63, 3.8) is 0 Å². The molecule has 2 heterocycles. The molecule has 208 valence electrons. The van der Waals surface area contributed by atoms with E-state index in [0.29, 0.717) is 11.1 Å². The lowest BCUT2D eigenvalue weighted by molar-refractivity contribution is -0.0895. The first-order chi connectivity index (χ1) is 19.5. The van der Waals surface area contributed by atoms with Crippen LogP contribution in [0.15, 0.2) is 66.7 Å². The topological polar surface area (TPSA) is 194 Å². The van der Waals surface area contributed by atoms with Crippen molar-refractivity contribution in [1.29, 1.82) is 0 Å². The van der Waals surface area contributed by atoms with E-state index < -0.39 is 64.4 Å². The molecule has 3 atom stereocenters. The molecule has 0 saturated heterocycles. The minimum absolute atomic E-state index is 0.0412. The molecule has 0 aromatic heterocycles. The average molecular weight is 558 g/mol. The number of aliphatic hydroxyl groups is 1. The smallest absolute Gasteiger partial charge is 0.277 e. The number of phenolic OH excluding ortho intramolecular Hbond substituents is 6. The Morgan fingerprint density at radius 2 is 1.32 bits per heavy atom. The highest BCUT2D eigenvalue weighted by Gasteiger charge is 2.53. The van der Waals surface area contributed by atoms with Gasteiger partial charge in [0.2, 0.25) is 5.78 Å². The van der Waals surface area contributed by atoms with Gasteiger partial charge in [-0.05, 0) is 35.4 Å². The summed E-state index contributed by atoms with van der Waals surface area (Å²) in [6, 6.07) is 14.1. The molecule has 6 rings (SSSR count). The molecule has 0 fully saturated rings.